The Hall–Kier alpha value is -8.34. The number of anilines is 8. The Morgan fingerprint density at radius 2 is 0.859 bits per heavy atom. The van der Waals surface area contributed by atoms with Crippen molar-refractivity contribution in [3.63, 3.8) is 0 Å². The van der Waals surface area contributed by atoms with Crippen molar-refractivity contribution in [1.82, 2.24) is 0 Å². The highest BCUT2D eigenvalue weighted by atomic mass is 15.3. The maximum Gasteiger partial charge on any atom is 0.252 e. The Kier molecular flexibility index (Phi) is 11.5. The smallest absolute Gasteiger partial charge is 0.252 e. The second kappa shape index (κ2) is 18.7. The van der Waals surface area contributed by atoms with Crippen molar-refractivity contribution >= 4 is 68.6 Å². The van der Waals surface area contributed by atoms with Crippen LogP contribution in [0.5, 0.6) is 0 Å². The second-order valence-corrected chi connectivity index (χ2v) is 23.9. The van der Waals surface area contributed by atoms with Gasteiger partial charge in [0.05, 0.1) is 5.54 Å². The second-order valence-electron chi connectivity index (χ2n) is 23.9. The van der Waals surface area contributed by atoms with Gasteiger partial charge in [-0.1, -0.05) is 235 Å². The predicted molar refractivity (Wildman–Crippen MR) is 333 cm³/mol. The van der Waals surface area contributed by atoms with Crippen LogP contribution in [0, 0.1) is 0 Å². The van der Waals surface area contributed by atoms with Gasteiger partial charge in [0.25, 0.3) is 6.71 Å². The highest BCUT2D eigenvalue weighted by Crippen LogP contribution is 2.61. The summed E-state index contributed by atoms with van der Waals surface area (Å²) in [6.07, 6.45) is 7.26. The molecule has 1 aliphatic carbocycles. The summed E-state index contributed by atoms with van der Waals surface area (Å²) >= 11 is 0. The van der Waals surface area contributed by atoms with E-state index in [1.165, 1.54) is 132 Å². The fourth-order valence-corrected chi connectivity index (χ4v) is 14.1. The van der Waals surface area contributed by atoms with E-state index < -0.39 is 0 Å². The van der Waals surface area contributed by atoms with E-state index in [9.17, 15) is 0 Å². The molecule has 1 saturated carbocycles. The molecular formula is C74H66BN3. The van der Waals surface area contributed by atoms with Crippen LogP contribution in [0.4, 0.5) is 45.5 Å². The van der Waals surface area contributed by atoms with Crippen molar-refractivity contribution in [3.05, 3.63) is 248 Å². The van der Waals surface area contributed by atoms with Gasteiger partial charge in [-0.2, -0.15) is 0 Å². The first-order valence-electron chi connectivity index (χ1n) is 28.5. The van der Waals surface area contributed by atoms with E-state index in [2.05, 4.69) is 286 Å². The van der Waals surface area contributed by atoms with Gasteiger partial charge in [-0.05, 0) is 152 Å². The first-order chi connectivity index (χ1) is 38.1. The Morgan fingerprint density at radius 1 is 0.359 bits per heavy atom. The van der Waals surface area contributed by atoms with Gasteiger partial charge in [-0.25, -0.2) is 0 Å². The highest BCUT2D eigenvalue weighted by molar-refractivity contribution is 7.00. The van der Waals surface area contributed by atoms with Crippen LogP contribution in [0.1, 0.15) is 84.3 Å². The number of hydrogen-bond donors (Lipinski definition) is 0. The molecule has 0 saturated heterocycles. The molecular weight excluding hydrogens is 942 g/mol. The SMILES string of the molecule is CC(C)(C)c1ccc2c(c1)C1(C)CCCCCCC1(C)N2c1cc2c3c(c1)N(c1cccc(-c4ccccc4)c1)c1cc(-c4ccccc4)ccc1B3c1cc(-c3ccccc3)ccc1N2c1ccc(-c2ccccc2)cc1. The standard InChI is InChI=1S/C74H66BN3/c1-72(2,3)59-37-42-66-63(48-59)73(4)43-20-6-7-21-44-74(73,5)78(66)62-49-69-71-70(50-62)77(61-32-22-31-56(45-61)52-25-14-9-15-26-52)68-47-58(54-29-18-11-19-30-54)35-40-64(68)75(71)65-46-57(53-27-16-10-17-28-53)36-41-67(65)76(69)60-38-33-55(34-39-60)51-23-12-8-13-24-51/h8-19,22-42,45-50H,6-7,20-21,43-44H2,1-5H3. The molecule has 3 aliphatic heterocycles. The number of fused-ring (bicyclic) bond motifs is 7. The number of hydrogen-bond acceptors (Lipinski definition) is 3. The van der Waals surface area contributed by atoms with Crippen LogP contribution in [0.15, 0.2) is 237 Å². The molecule has 0 N–H and O–H groups in total. The molecule has 10 aromatic carbocycles. The normalized spacial score (nSPS) is 18.3. The van der Waals surface area contributed by atoms with Gasteiger partial charge in [0.1, 0.15) is 0 Å². The van der Waals surface area contributed by atoms with Crippen molar-refractivity contribution in [2.75, 3.05) is 14.7 Å². The van der Waals surface area contributed by atoms with Gasteiger partial charge in [0, 0.05) is 50.9 Å². The average Bonchev–Trinajstić information content (AvgIpc) is 3.89. The van der Waals surface area contributed by atoms with Gasteiger partial charge in [0.15, 0.2) is 0 Å². The lowest BCUT2D eigenvalue weighted by molar-refractivity contribution is 0.217. The Labute approximate surface area is 462 Å². The molecule has 0 aromatic heterocycles. The van der Waals surface area contributed by atoms with Crippen LogP contribution in [0.3, 0.4) is 0 Å². The third kappa shape index (κ3) is 7.78. The largest absolute Gasteiger partial charge is 0.334 e. The van der Waals surface area contributed by atoms with Crippen molar-refractivity contribution in [3.8, 4) is 44.5 Å². The van der Waals surface area contributed by atoms with E-state index in [1.54, 1.807) is 0 Å². The van der Waals surface area contributed by atoms with Gasteiger partial charge in [-0.15, -0.1) is 0 Å². The quantitative estimate of drug-likeness (QED) is 0.147. The summed E-state index contributed by atoms with van der Waals surface area (Å²) in [5.41, 5.74) is 26.0. The van der Waals surface area contributed by atoms with E-state index in [-0.39, 0.29) is 23.1 Å². The maximum atomic E-state index is 2.84. The lowest BCUT2D eigenvalue weighted by Crippen LogP contribution is -2.61. The molecule has 2 atom stereocenters. The third-order valence-electron chi connectivity index (χ3n) is 18.4. The lowest BCUT2D eigenvalue weighted by atomic mass is 9.33. The molecule has 2 unspecified atom stereocenters. The molecule has 1 fully saturated rings. The Morgan fingerprint density at radius 3 is 1.47 bits per heavy atom. The van der Waals surface area contributed by atoms with Crippen molar-refractivity contribution in [2.24, 2.45) is 0 Å². The fraction of sp³-hybridized carbons (Fsp3) is 0.189. The third-order valence-corrected chi connectivity index (χ3v) is 18.4. The van der Waals surface area contributed by atoms with Crippen molar-refractivity contribution in [2.45, 2.75) is 89.5 Å². The van der Waals surface area contributed by atoms with Crippen LogP contribution < -0.4 is 31.1 Å². The van der Waals surface area contributed by atoms with Crippen LogP contribution in [0.2, 0.25) is 0 Å². The van der Waals surface area contributed by atoms with Gasteiger partial charge < -0.3 is 14.7 Å². The molecule has 0 radical (unpaired) electrons. The molecule has 0 spiro atoms. The first-order valence-corrected chi connectivity index (χ1v) is 28.5. The van der Waals surface area contributed by atoms with E-state index in [4.69, 9.17) is 0 Å². The molecule has 0 amide bonds. The number of nitrogens with zero attached hydrogens (tertiary/aromatic N) is 3. The average molecular weight is 1010 g/mol. The van der Waals surface area contributed by atoms with Crippen LogP contribution in [-0.4, -0.2) is 12.3 Å². The van der Waals surface area contributed by atoms with Gasteiger partial charge in [0.2, 0.25) is 0 Å². The van der Waals surface area contributed by atoms with Gasteiger partial charge in [-0.3, -0.25) is 0 Å². The summed E-state index contributed by atoms with van der Waals surface area (Å²) in [5, 5.41) is 0. The van der Waals surface area contributed by atoms with E-state index in [1.807, 2.05) is 0 Å². The van der Waals surface area contributed by atoms with Crippen molar-refractivity contribution < 1.29 is 0 Å². The molecule has 4 aliphatic rings. The summed E-state index contributed by atoms with van der Waals surface area (Å²) in [6.45, 7) is 12.3. The number of rotatable bonds is 7. The minimum atomic E-state index is -0.197. The summed E-state index contributed by atoms with van der Waals surface area (Å²) in [7, 11) is 0. The predicted octanol–water partition coefficient (Wildman–Crippen LogP) is 18.3. The lowest BCUT2D eigenvalue weighted by Gasteiger charge is -2.50. The summed E-state index contributed by atoms with van der Waals surface area (Å²) in [5.74, 6) is 0. The zero-order valence-electron chi connectivity index (χ0n) is 45.7. The van der Waals surface area contributed by atoms with Crippen molar-refractivity contribution in [1.29, 1.82) is 0 Å². The maximum absolute atomic E-state index is 2.84. The molecule has 4 heteroatoms. The van der Waals surface area contributed by atoms with E-state index in [0.717, 1.165) is 24.2 Å². The zero-order valence-corrected chi connectivity index (χ0v) is 45.7. The minimum absolute atomic E-state index is 0.0208. The topological polar surface area (TPSA) is 9.72 Å². The summed E-state index contributed by atoms with van der Waals surface area (Å²) in [6, 6.07) is 89.5. The summed E-state index contributed by atoms with van der Waals surface area (Å²) in [4.78, 5) is 8.08. The monoisotopic (exact) mass is 1010 g/mol. The number of benzene rings is 10. The van der Waals surface area contributed by atoms with Crippen LogP contribution in [0.25, 0.3) is 44.5 Å². The molecule has 0 bridgehead atoms. The first kappa shape index (κ1) is 48.1. The molecule has 78 heavy (non-hydrogen) atoms. The molecule has 14 rings (SSSR count). The summed E-state index contributed by atoms with van der Waals surface area (Å²) < 4.78 is 0. The highest BCUT2D eigenvalue weighted by Gasteiger charge is 2.57. The molecule has 3 heterocycles. The molecule has 10 aromatic rings. The van der Waals surface area contributed by atoms with Crippen LogP contribution >= 0.6 is 0 Å². The molecule has 3 nitrogen and oxygen atoms in total. The zero-order chi connectivity index (χ0) is 52.8. The minimum Gasteiger partial charge on any atom is -0.334 e. The molecule has 380 valence electrons. The van der Waals surface area contributed by atoms with Crippen LogP contribution in [-0.2, 0) is 10.8 Å². The Balaban J connectivity index is 1.09. The fourth-order valence-electron chi connectivity index (χ4n) is 14.1. The van der Waals surface area contributed by atoms with E-state index >= 15 is 0 Å². The Bertz CT molecular complexity index is 3880. The van der Waals surface area contributed by atoms with E-state index in [0.29, 0.717) is 0 Å². The van der Waals surface area contributed by atoms with Gasteiger partial charge >= 0.3 is 0 Å².